The zero-order valence-electron chi connectivity index (χ0n) is 12.8. The van der Waals surface area contributed by atoms with Crippen molar-refractivity contribution >= 4 is 50.6 Å². The van der Waals surface area contributed by atoms with Crippen molar-refractivity contribution in [1.82, 2.24) is 9.97 Å². The van der Waals surface area contributed by atoms with E-state index in [9.17, 15) is 9.90 Å². The minimum atomic E-state index is -0.947. The van der Waals surface area contributed by atoms with Gasteiger partial charge < -0.3 is 10.4 Å². The summed E-state index contributed by atoms with van der Waals surface area (Å²) in [6, 6.07) is 5.53. The van der Waals surface area contributed by atoms with Crippen LogP contribution in [0.15, 0.2) is 18.2 Å². The first-order chi connectivity index (χ1) is 10.9. The number of hydrogen-bond acceptors (Lipinski definition) is 5. The van der Waals surface area contributed by atoms with Crippen molar-refractivity contribution in [3.05, 3.63) is 45.1 Å². The smallest absolute Gasteiger partial charge is 0.346 e. The number of carboxylic acid groups (broad SMARTS) is 1. The third kappa shape index (κ3) is 2.87. The highest BCUT2D eigenvalue weighted by Gasteiger charge is 2.19. The average Bonchev–Trinajstić information content (AvgIpc) is 2.79. The minimum absolute atomic E-state index is 0.288. The molecule has 7 heteroatoms. The monoisotopic (exact) mass is 347 g/mol. The standard InChI is InChI=1S/C16H14ClN3O2S/c1-7-6-10(17)4-5-11(7)20-14-12-8(2)13(16(21)22)23-15(12)19-9(3)18-14/h4-6H,1-3H3,(H,21,22)(H,18,19,20). The number of hydrogen-bond donors (Lipinski definition) is 2. The van der Waals surface area contributed by atoms with Crippen LogP contribution in [0.4, 0.5) is 11.5 Å². The molecule has 0 unspecified atom stereocenters. The lowest BCUT2D eigenvalue weighted by Crippen LogP contribution is -2.00. The van der Waals surface area contributed by atoms with E-state index in [2.05, 4.69) is 15.3 Å². The number of carboxylic acids is 1. The maximum absolute atomic E-state index is 11.4. The van der Waals surface area contributed by atoms with Gasteiger partial charge in [-0.1, -0.05) is 11.6 Å². The molecule has 0 fully saturated rings. The van der Waals surface area contributed by atoms with Gasteiger partial charge in [0.1, 0.15) is 21.3 Å². The van der Waals surface area contributed by atoms with Gasteiger partial charge in [-0.2, -0.15) is 0 Å². The summed E-state index contributed by atoms with van der Waals surface area (Å²) in [4.78, 5) is 21.1. The molecule has 0 atom stereocenters. The van der Waals surface area contributed by atoms with Crippen LogP contribution in [-0.2, 0) is 0 Å². The zero-order valence-corrected chi connectivity index (χ0v) is 14.3. The van der Waals surface area contributed by atoms with Crippen molar-refractivity contribution in [2.24, 2.45) is 0 Å². The number of thiophene rings is 1. The number of anilines is 2. The maximum Gasteiger partial charge on any atom is 0.346 e. The first kappa shape index (κ1) is 15.7. The number of fused-ring (bicyclic) bond motifs is 1. The first-order valence-electron chi connectivity index (χ1n) is 6.91. The molecule has 0 radical (unpaired) electrons. The Balaban J connectivity index is 2.18. The highest BCUT2D eigenvalue weighted by Crippen LogP contribution is 2.35. The van der Waals surface area contributed by atoms with Crippen LogP contribution in [0.25, 0.3) is 10.2 Å². The molecule has 0 amide bonds. The number of halogens is 1. The molecule has 0 saturated carbocycles. The van der Waals surface area contributed by atoms with E-state index in [1.54, 1.807) is 19.9 Å². The van der Waals surface area contributed by atoms with Crippen molar-refractivity contribution in [3.8, 4) is 0 Å². The topological polar surface area (TPSA) is 75.1 Å². The number of nitrogens with one attached hydrogen (secondary N) is 1. The largest absolute Gasteiger partial charge is 0.477 e. The normalized spacial score (nSPS) is 11.0. The highest BCUT2D eigenvalue weighted by atomic mass is 35.5. The summed E-state index contributed by atoms with van der Waals surface area (Å²) in [5.74, 6) is 0.251. The van der Waals surface area contributed by atoms with Gasteiger partial charge in [-0.25, -0.2) is 14.8 Å². The van der Waals surface area contributed by atoms with Crippen LogP contribution >= 0.6 is 22.9 Å². The highest BCUT2D eigenvalue weighted by molar-refractivity contribution is 7.20. The maximum atomic E-state index is 11.4. The second-order valence-electron chi connectivity index (χ2n) is 5.25. The summed E-state index contributed by atoms with van der Waals surface area (Å²) in [6.07, 6.45) is 0. The zero-order chi connectivity index (χ0) is 16.7. The van der Waals surface area contributed by atoms with E-state index in [1.807, 2.05) is 19.1 Å². The van der Waals surface area contributed by atoms with E-state index in [-0.39, 0.29) is 4.88 Å². The van der Waals surface area contributed by atoms with Gasteiger partial charge in [-0.15, -0.1) is 11.3 Å². The summed E-state index contributed by atoms with van der Waals surface area (Å²) in [7, 11) is 0. The molecule has 1 aromatic carbocycles. The Hall–Kier alpha value is -2.18. The van der Waals surface area contributed by atoms with E-state index in [0.29, 0.717) is 27.1 Å². The van der Waals surface area contributed by atoms with Crippen LogP contribution in [0.1, 0.15) is 26.6 Å². The van der Waals surface area contributed by atoms with Crippen LogP contribution in [-0.4, -0.2) is 21.0 Å². The first-order valence-corrected chi connectivity index (χ1v) is 8.10. The Morgan fingerprint density at radius 3 is 2.65 bits per heavy atom. The Morgan fingerprint density at radius 1 is 1.26 bits per heavy atom. The minimum Gasteiger partial charge on any atom is -0.477 e. The van der Waals surface area contributed by atoms with E-state index in [1.165, 1.54) is 11.3 Å². The molecule has 2 N–H and O–H groups in total. The van der Waals surface area contributed by atoms with Gasteiger partial charge in [-0.05, 0) is 50.1 Å². The number of benzene rings is 1. The molecule has 0 aliphatic rings. The average molecular weight is 348 g/mol. The summed E-state index contributed by atoms with van der Waals surface area (Å²) < 4.78 is 0. The van der Waals surface area contributed by atoms with E-state index in [0.717, 1.165) is 16.6 Å². The van der Waals surface area contributed by atoms with E-state index >= 15 is 0 Å². The lowest BCUT2D eigenvalue weighted by molar-refractivity contribution is 0.0701. The molecule has 0 aliphatic heterocycles. The molecule has 0 saturated heterocycles. The third-order valence-electron chi connectivity index (χ3n) is 3.54. The third-order valence-corrected chi connectivity index (χ3v) is 4.95. The summed E-state index contributed by atoms with van der Waals surface area (Å²) >= 11 is 7.15. The lowest BCUT2D eigenvalue weighted by Gasteiger charge is -2.11. The Kier molecular flexibility index (Phi) is 3.95. The molecule has 23 heavy (non-hydrogen) atoms. The molecular formula is C16H14ClN3O2S. The van der Waals surface area contributed by atoms with E-state index in [4.69, 9.17) is 11.6 Å². The number of aryl methyl sites for hydroxylation is 3. The summed E-state index contributed by atoms with van der Waals surface area (Å²) in [5, 5.41) is 14.0. The fourth-order valence-electron chi connectivity index (χ4n) is 2.43. The molecule has 118 valence electrons. The summed E-state index contributed by atoms with van der Waals surface area (Å²) in [6.45, 7) is 5.51. The predicted octanol–water partition coefficient (Wildman–Crippen LogP) is 4.71. The molecule has 2 heterocycles. The van der Waals surface area contributed by atoms with Crippen molar-refractivity contribution < 1.29 is 9.90 Å². The van der Waals surface area contributed by atoms with Gasteiger partial charge >= 0.3 is 5.97 Å². The Bertz CT molecular complexity index is 937. The number of nitrogens with zero attached hydrogens (tertiary/aromatic N) is 2. The van der Waals surface area contributed by atoms with Crippen LogP contribution in [0.3, 0.4) is 0 Å². The van der Waals surface area contributed by atoms with Gasteiger partial charge in [0.25, 0.3) is 0 Å². The van der Waals surface area contributed by atoms with Crippen molar-refractivity contribution in [1.29, 1.82) is 0 Å². The second kappa shape index (κ2) is 5.79. The second-order valence-corrected chi connectivity index (χ2v) is 6.68. The predicted molar refractivity (Wildman–Crippen MR) is 93.3 cm³/mol. The molecule has 3 rings (SSSR count). The number of aromatic nitrogens is 2. The molecule has 0 bridgehead atoms. The molecular weight excluding hydrogens is 334 g/mol. The Labute approximate surface area is 142 Å². The lowest BCUT2D eigenvalue weighted by atomic mass is 10.1. The quantitative estimate of drug-likeness (QED) is 0.717. The molecule has 2 aromatic heterocycles. The van der Waals surface area contributed by atoms with Crippen LogP contribution in [0, 0.1) is 20.8 Å². The number of carbonyl (C=O) groups is 1. The number of rotatable bonds is 3. The Morgan fingerprint density at radius 2 is 2.00 bits per heavy atom. The van der Waals surface area contributed by atoms with Gasteiger partial charge in [0.2, 0.25) is 0 Å². The van der Waals surface area contributed by atoms with Crippen molar-refractivity contribution in [2.45, 2.75) is 20.8 Å². The van der Waals surface area contributed by atoms with Gasteiger partial charge in [0.15, 0.2) is 0 Å². The molecule has 5 nitrogen and oxygen atoms in total. The van der Waals surface area contributed by atoms with Crippen LogP contribution in [0.2, 0.25) is 5.02 Å². The molecule has 3 aromatic rings. The SMILES string of the molecule is Cc1nc(Nc2ccc(Cl)cc2C)c2c(C)c(C(=O)O)sc2n1. The fraction of sp³-hybridized carbons (Fsp3) is 0.188. The molecule has 0 aliphatic carbocycles. The fourth-order valence-corrected chi connectivity index (χ4v) is 3.73. The van der Waals surface area contributed by atoms with Gasteiger partial charge in [0.05, 0.1) is 5.39 Å². The van der Waals surface area contributed by atoms with Crippen LogP contribution < -0.4 is 5.32 Å². The number of aromatic carboxylic acids is 1. The molecule has 0 spiro atoms. The van der Waals surface area contributed by atoms with Crippen molar-refractivity contribution in [2.75, 3.05) is 5.32 Å². The summed E-state index contributed by atoms with van der Waals surface area (Å²) in [5.41, 5.74) is 2.52. The van der Waals surface area contributed by atoms with Crippen LogP contribution in [0.5, 0.6) is 0 Å². The van der Waals surface area contributed by atoms with Gasteiger partial charge in [0, 0.05) is 10.7 Å². The van der Waals surface area contributed by atoms with E-state index < -0.39 is 5.97 Å². The van der Waals surface area contributed by atoms with Gasteiger partial charge in [-0.3, -0.25) is 0 Å². The van der Waals surface area contributed by atoms with Crippen molar-refractivity contribution in [3.63, 3.8) is 0 Å².